The van der Waals surface area contributed by atoms with E-state index in [1.54, 1.807) is 0 Å². The maximum Gasteiger partial charge on any atom is 0.159 e. The summed E-state index contributed by atoms with van der Waals surface area (Å²) < 4.78 is 30.9. The minimum absolute atomic E-state index is 0.173. The first-order valence-corrected chi connectivity index (χ1v) is 5.40. The summed E-state index contributed by atoms with van der Waals surface area (Å²) in [5, 5.41) is 9.82. The molecule has 1 aromatic carbocycles. The lowest BCUT2D eigenvalue weighted by molar-refractivity contribution is -0.000808. The molecule has 2 unspecified atom stereocenters. The van der Waals surface area contributed by atoms with Crippen molar-refractivity contribution in [1.29, 1.82) is 0 Å². The average molecular weight is 228 g/mol. The number of halogens is 2. The predicted molar refractivity (Wildman–Crippen MR) is 55.0 cm³/mol. The van der Waals surface area contributed by atoms with Gasteiger partial charge in [0.25, 0.3) is 0 Å². The van der Waals surface area contributed by atoms with Crippen LogP contribution in [0.5, 0.6) is 0 Å². The molecule has 2 nitrogen and oxygen atoms in total. The molecule has 1 aromatic rings. The summed E-state index contributed by atoms with van der Waals surface area (Å²) in [6.45, 7) is 0.666. The van der Waals surface area contributed by atoms with Crippen LogP contribution in [0.3, 0.4) is 0 Å². The molecule has 0 aliphatic carbocycles. The molecule has 0 spiro atoms. The lowest BCUT2D eigenvalue weighted by Gasteiger charge is -2.17. The van der Waals surface area contributed by atoms with Gasteiger partial charge in [0.2, 0.25) is 0 Å². The van der Waals surface area contributed by atoms with Gasteiger partial charge in [-0.3, -0.25) is 0 Å². The molecule has 2 atom stereocenters. The summed E-state index contributed by atoms with van der Waals surface area (Å²) in [4.78, 5) is 0. The molecule has 1 N–H and O–H groups in total. The molecule has 0 bridgehead atoms. The van der Waals surface area contributed by atoms with E-state index in [9.17, 15) is 13.9 Å². The number of aliphatic hydroxyl groups excluding tert-OH is 1. The van der Waals surface area contributed by atoms with Gasteiger partial charge >= 0.3 is 0 Å². The molecule has 0 aromatic heterocycles. The fraction of sp³-hybridized carbons (Fsp3) is 0.500. The van der Waals surface area contributed by atoms with Crippen molar-refractivity contribution in [3.05, 3.63) is 35.4 Å². The standard InChI is InChI=1S/C12H14F2O2/c13-9-4-3-8(6-10(9)14)7-11(15)12-2-1-5-16-12/h3-4,6,11-12,15H,1-2,5,7H2. The second-order valence-corrected chi connectivity index (χ2v) is 4.07. The van der Waals surface area contributed by atoms with E-state index in [-0.39, 0.29) is 6.10 Å². The molecule has 0 radical (unpaired) electrons. The molecule has 1 heterocycles. The minimum Gasteiger partial charge on any atom is -0.390 e. The molecular weight excluding hydrogens is 214 g/mol. The molecule has 0 saturated carbocycles. The first-order valence-electron chi connectivity index (χ1n) is 5.40. The number of rotatable bonds is 3. The van der Waals surface area contributed by atoms with Gasteiger partial charge in [-0.25, -0.2) is 8.78 Å². The molecule has 2 rings (SSSR count). The van der Waals surface area contributed by atoms with E-state index in [2.05, 4.69) is 0 Å². The molecule has 4 heteroatoms. The van der Waals surface area contributed by atoms with Crippen LogP contribution in [-0.4, -0.2) is 23.9 Å². The molecule has 88 valence electrons. The van der Waals surface area contributed by atoms with Crippen molar-refractivity contribution >= 4 is 0 Å². The monoisotopic (exact) mass is 228 g/mol. The van der Waals surface area contributed by atoms with Gasteiger partial charge in [0.15, 0.2) is 11.6 Å². The van der Waals surface area contributed by atoms with Gasteiger partial charge in [0.1, 0.15) is 0 Å². The highest BCUT2D eigenvalue weighted by Crippen LogP contribution is 2.19. The van der Waals surface area contributed by atoms with Crippen LogP contribution in [0, 0.1) is 11.6 Å². The average Bonchev–Trinajstić information content (AvgIpc) is 2.77. The number of benzene rings is 1. The van der Waals surface area contributed by atoms with E-state index < -0.39 is 17.7 Å². The van der Waals surface area contributed by atoms with Crippen molar-refractivity contribution in [2.45, 2.75) is 31.5 Å². The Morgan fingerprint density at radius 2 is 2.19 bits per heavy atom. The summed E-state index contributed by atoms with van der Waals surface area (Å²) in [5.41, 5.74) is 0.585. The van der Waals surface area contributed by atoms with Crippen LogP contribution in [-0.2, 0) is 11.2 Å². The van der Waals surface area contributed by atoms with Crippen molar-refractivity contribution in [1.82, 2.24) is 0 Å². The van der Waals surface area contributed by atoms with Gasteiger partial charge in [0.05, 0.1) is 12.2 Å². The number of ether oxygens (including phenoxy) is 1. The van der Waals surface area contributed by atoms with E-state index in [4.69, 9.17) is 4.74 Å². The topological polar surface area (TPSA) is 29.5 Å². The van der Waals surface area contributed by atoms with Gasteiger partial charge < -0.3 is 9.84 Å². The minimum atomic E-state index is -0.878. The lowest BCUT2D eigenvalue weighted by Crippen LogP contribution is -2.27. The summed E-state index contributed by atoms with van der Waals surface area (Å²) in [6, 6.07) is 3.68. The van der Waals surface area contributed by atoms with Gasteiger partial charge in [-0.05, 0) is 30.5 Å². The summed E-state index contributed by atoms with van der Waals surface area (Å²) in [7, 11) is 0. The Kier molecular flexibility index (Phi) is 3.51. The van der Waals surface area contributed by atoms with Crippen molar-refractivity contribution in [2.75, 3.05) is 6.61 Å². The highest BCUT2D eigenvalue weighted by Gasteiger charge is 2.24. The maximum absolute atomic E-state index is 12.9. The second-order valence-electron chi connectivity index (χ2n) is 4.07. The molecule has 16 heavy (non-hydrogen) atoms. The smallest absolute Gasteiger partial charge is 0.159 e. The molecule has 1 aliphatic heterocycles. The summed E-state index contributed by atoms with van der Waals surface area (Å²) >= 11 is 0. The van der Waals surface area contributed by atoms with Crippen molar-refractivity contribution in [3.63, 3.8) is 0 Å². The Balaban J connectivity index is 1.99. The van der Waals surface area contributed by atoms with Gasteiger partial charge in [-0.1, -0.05) is 6.07 Å². The Hall–Kier alpha value is -1.00. The van der Waals surface area contributed by atoms with Gasteiger partial charge in [0, 0.05) is 13.0 Å². The third-order valence-corrected chi connectivity index (χ3v) is 2.82. The van der Waals surface area contributed by atoms with Crippen LogP contribution in [0.4, 0.5) is 8.78 Å². The molecular formula is C12H14F2O2. The molecule has 1 saturated heterocycles. The Bertz CT molecular complexity index is 362. The molecule has 1 aliphatic rings. The van der Waals surface area contributed by atoms with Crippen molar-refractivity contribution < 1.29 is 18.6 Å². The van der Waals surface area contributed by atoms with Crippen molar-refractivity contribution in [2.24, 2.45) is 0 Å². The van der Waals surface area contributed by atoms with Gasteiger partial charge in [-0.15, -0.1) is 0 Å². The Morgan fingerprint density at radius 3 is 2.81 bits per heavy atom. The van der Waals surface area contributed by atoms with Gasteiger partial charge in [-0.2, -0.15) is 0 Å². The van der Waals surface area contributed by atoms with Crippen molar-refractivity contribution in [3.8, 4) is 0 Å². The first-order chi connectivity index (χ1) is 7.66. The highest BCUT2D eigenvalue weighted by molar-refractivity contribution is 5.18. The number of hydrogen-bond donors (Lipinski definition) is 1. The van der Waals surface area contributed by atoms with E-state index in [1.807, 2.05) is 0 Å². The lowest BCUT2D eigenvalue weighted by atomic mass is 10.0. The fourth-order valence-corrected chi connectivity index (χ4v) is 1.95. The van der Waals surface area contributed by atoms with E-state index in [0.717, 1.165) is 25.0 Å². The van der Waals surface area contributed by atoms with Crippen LogP contribution < -0.4 is 0 Å². The highest BCUT2D eigenvalue weighted by atomic mass is 19.2. The Labute approximate surface area is 92.9 Å². The van der Waals surface area contributed by atoms with E-state index in [0.29, 0.717) is 18.6 Å². The van der Waals surface area contributed by atoms with Crippen LogP contribution in [0.15, 0.2) is 18.2 Å². The van der Waals surface area contributed by atoms with Crippen LogP contribution in [0.25, 0.3) is 0 Å². The predicted octanol–water partition coefficient (Wildman–Crippen LogP) is 2.05. The molecule has 1 fully saturated rings. The maximum atomic E-state index is 12.9. The van der Waals surface area contributed by atoms with E-state index in [1.165, 1.54) is 6.07 Å². The van der Waals surface area contributed by atoms with E-state index >= 15 is 0 Å². The SMILES string of the molecule is OC(Cc1ccc(F)c(F)c1)C1CCCO1. The zero-order chi connectivity index (χ0) is 11.5. The second kappa shape index (κ2) is 4.89. The van der Waals surface area contributed by atoms with Crippen LogP contribution >= 0.6 is 0 Å². The first kappa shape index (κ1) is 11.5. The summed E-state index contributed by atoms with van der Waals surface area (Å²) in [6.07, 6.45) is 1.24. The largest absolute Gasteiger partial charge is 0.390 e. The summed E-state index contributed by atoms with van der Waals surface area (Å²) in [5.74, 6) is -1.74. The quantitative estimate of drug-likeness (QED) is 0.858. The fourth-order valence-electron chi connectivity index (χ4n) is 1.95. The number of aliphatic hydroxyl groups is 1. The number of hydrogen-bond acceptors (Lipinski definition) is 2. The zero-order valence-corrected chi connectivity index (χ0v) is 8.83. The van der Waals surface area contributed by atoms with Crippen LogP contribution in [0.2, 0.25) is 0 Å². The Morgan fingerprint density at radius 1 is 1.38 bits per heavy atom. The normalized spacial score (nSPS) is 22.3. The van der Waals surface area contributed by atoms with Crippen LogP contribution in [0.1, 0.15) is 18.4 Å². The third kappa shape index (κ3) is 2.57. The zero-order valence-electron chi connectivity index (χ0n) is 8.83. The molecule has 0 amide bonds. The third-order valence-electron chi connectivity index (χ3n) is 2.82.